The van der Waals surface area contributed by atoms with Crippen LogP contribution >= 0.6 is 0 Å². The smallest absolute Gasteiger partial charge is 0.346 e. The standard InChI is InChI=1S/C21H21N3O6/c1-13-9-17(16-6-7-19(23(25)26)20(12-16)24(27)28)10-14(2)21(13)29-8-4-5-18-11-15(3)22-30-18/h6-7,9-12H,4-5,8H2,1-3H3. The van der Waals surface area contributed by atoms with Gasteiger partial charge in [-0.2, -0.15) is 0 Å². The number of nitro groups is 2. The second-order valence-electron chi connectivity index (χ2n) is 7.04. The topological polar surface area (TPSA) is 122 Å². The molecule has 30 heavy (non-hydrogen) atoms. The normalized spacial score (nSPS) is 10.8. The zero-order chi connectivity index (χ0) is 21.8. The van der Waals surface area contributed by atoms with Crippen molar-refractivity contribution in [3.05, 3.63) is 79.2 Å². The van der Waals surface area contributed by atoms with Gasteiger partial charge in [-0.05, 0) is 67.6 Å². The molecule has 1 heterocycles. The van der Waals surface area contributed by atoms with Crippen LogP contribution in [0.4, 0.5) is 11.4 Å². The molecule has 0 aliphatic rings. The lowest BCUT2D eigenvalue weighted by Gasteiger charge is -2.14. The van der Waals surface area contributed by atoms with Gasteiger partial charge in [-0.15, -0.1) is 0 Å². The van der Waals surface area contributed by atoms with Crippen LogP contribution in [0.3, 0.4) is 0 Å². The molecule has 9 heteroatoms. The van der Waals surface area contributed by atoms with Crippen molar-refractivity contribution in [2.75, 3.05) is 6.61 Å². The van der Waals surface area contributed by atoms with E-state index in [1.165, 1.54) is 12.1 Å². The minimum Gasteiger partial charge on any atom is -0.493 e. The maximum Gasteiger partial charge on any atom is 0.346 e. The van der Waals surface area contributed by atoms with Crippen LogP contribution in [0.5, 0.6) is 5.75 Å². The molecule has 0 radical (unpaired) electrons. The van der Waals surface area contributed by atoms with E-state index in [4.69, 9.17) is 9.26 Å². The molecular weight excluding hydrogens is 390 g/mol. The predicted molar refractivity (Wildman–Crippen MR) is 110 cm³/mol. The molecule has 0 saturated carbocycles. The Hall–Kier alpha value is -3.75. The lowest BCUT2D eigenvalue weighted by molar-refractivity contribution is -0.422. The molecule has 0 aliphatic carbocycles. The molecule has 1 aromatic heterocycles. The molecule has 9 nitrogen and oxygen atoms in total. The van der Waals surface area contributed by atoms with Crippen molar-refractivity contribution in [1.82, 2.24) is 5.16 Å². The van der Waals surface area contributed by atoms with Crippen molar-refractivity contribution < 1.29 is 19.1 Å². The van der Waals surface area contributed by atoms with E-state index in [2.05, 4.69) is 5.16 Å². The number of hydrogen-bond acceptors (Lipinski definition) is 7. The van der Waals surface area contributed by atoms with Crippen LogP contribution in [0.1, 0.15) is 29.0 Å². The Morgan fingerprint density at radius 2 is 1.60 bits per heavy atom. The van der Waals surface area contributed by atoms with Gasteiger partial charge in [0.05, 0.1) is 22.1 Å². The molecule has 2 aromatic carbocycles. The molecule has 0 amide bonds. The Labute approximate surface area is 172 Å². The Kier molecular flexibility index (Phi) is 6.10. The molecule has 0 atom stereocenters. The number of aryl methyl sites for hydroxylation is 4. The second-order valence-corrected chi connectivity index (χ2v) is 7.04. The van der Waals surface area contributed by atoms with Crippen LogP contribution in [0.2, 0.25) is 0 Å². The minimum absolute atomic E-state index is 0.504. The van der Waals surface area contributed by atoms with E-state index in [0.717, 1.165) is 52.8 Å². The van der Waals surface area contributed by atoms with Crippen molar-refractivity contribution in [2.24, 2.45) is 0 Å². The fraction of sp³-hybridized carbons (Fsp3) is 0.286. The highest BCUT2D eigenvalue weighted by Gasteiger charge is 2.24. The monoisotopic (exact) mass is 411 g/mol. The van der Waals surface area contributed by atoms with Crippen LogP contribution < -0.4 is 4.74 Å². The van der Waals surface area contributed by atoms with Crippen molar-refractivity contribution in [3.63, 3.8) is 0 Å². The molecule has 0 aliphatic heterocycles. The minimum atomic E-state index is -0.755. The summed E-state index contributed by atoms with van der Waals surface area (Å²) in [5.74, 6) is 1.57. The molecule has 0 saturated heterocycles. The highest BCUT2D eigenvalue weighted by atomic mass is 16.6. The van der Waals surface area contributed by atoms with Gasteiger partial charge in [0.2, 0.25) is 0 Å². The van der Waals surface area contributed by atoms with Crippen LogP contribution in [0.25, 0.3) is 11.1 Å². The van der Waals surface area contributed by atoms with Gasteiger partial charge in [-0.25, -0.2) is 0 Å². The van der Waals surface area contributed by atoms with Gasteiger partial charge in [0.25, 0.3) is 0 Å². The summed E-state index contributed by atoms with van der Waals surface area (Å²) >= 11 is 0. The zero-order valence-corrected chi connectivity index (χ0v) is 16.9. The third-order valence-electron chi connectivity index (χ3n) is 4.65. The van der Waals surface area contributed by atoms with Crippen molar-refractivity contribution >= 4 is 11.4 Å². The van der Waals surface area contributed by atoms with Crippen molar-refractivity contribution in [1.29, 1.82) is 0 Å². The Bertz CT molecular complexity index is 1080. The van der Waals surface area contributed by atoms with E-state index in [1.54, 1.807) is 0 Å². The van der Waals surface area contributed by atoms with Crippen molar-refractivity contribution in [2.45, 2.75) is 33.6 Å². The lowest BCUT2D eigenvalue weighted by atomic mass is 9.99. The van der Waals surface area contributed by atoms with Gasteiger partial charge >= 0.3 is 11.4 Å². The molecule has 0 unspecified atom stereocenters. The number of benzene rings is 2. The average molecular weight is 411 g/mol. The Morgan fingerprint density at radius 3 is 2.17 bits per heavy atom. The summed E-state index contributed by atoms with van der Waals surface area (Å²) in [5, 5.41) is 26.1. The summed E-state index contributed by atoms with van der Waals surface area (Å²) in [6.45, 7) is 6.16. The van der Waals surface area contributed by atoms with Crippen LogP contribution in [-0.2, 0) is 6.42 Å². The molecule has 0 spiro atoms. The molecule has 0 fully saturated rings. The molecule has 156 valence electrons. The number of aromatic nitrogens is 1. The lowest BCUT2D eigenvalue weighted by Crippen LogP contribution is -2.02. The van der Waals surface area contributed by atoms with E-state index in [0.29, 0.717) is 12.2 Å². The van der Waals surface area contributed by atoms with Gasteiger partial charge in [0, 0.05) is 24.6 Å². The molecule has 0 N–H and O–H groups in total. The summed E-state index contributed by atoms with van der Waals surface area (Å²) in [4.78, 5) is 20.7. The van der Waals surface area contributed by atoms with Gasteiger partial charge in [0.15, 0.2) is 0 Å². The third kappa shape index (κ3) is 4.62. The zero-order valence-electron chi connectivity index (χ0n) is 16.9. The second kappa shape index (κ2) is 8.73. The highest BCUT2D eigenvalue weighted by Crippen LogP contribution is 2.35. The number of rotatable bonds is 8. The maximum atomic E-state index is 11.2. The SMILES string of the molecule is Cc1cc(CCCOc2c(C)cc(-c3ccc([N+](=O)[O-])c([N+](=O)[O-])c3)cc2C)on1. The van der Waals surface area contributed by atoms with E-state index in [9.17, 15) is 20.2 Å². The first-order chi connectivity index (χ1) is 14.3. The summed E-state index contributed by atoms with van der Waals surface area (Å²) in [6.07, 6.45) is 1.49. The summed E-state index contributed by atoms with van der Waals surface area (Å²) in [7, 11) is 0. The quantitative estimate of drug-likeness (QED) is 0.287. The maximum absolute atomic E-state index is 11.2. The summed E-state index contributed by atoms with van der Waals surface area (Å²) in [5.41, 5.74) is 2.80. The fourth-order valence-corrected chi connectivity index (χ4v) is 3.30. The largest absolute Gasteiger partial charge is 0.493 e. The van der Waals surface area contributed by atoms with E-state index >= 15 is 0 Å². The fourth-order valence-electron chi connectivity index (χ4n) is 3.30. The first kappa shape index (κ1) is 21.0. The van der Waals surface area contributed by atoms with Gasteiger partial charge < -0.3 is 9.26 Å². The predicted octanol–water partition coefficient (Wildman–Crippen LogP) is 5.09. The Balaban J connectivity index is 1.76. The van der Waals surface area contributed by atoms with E-state index in [-0.39, 0.29) is 0 Å². The molecular formula is C21H21N3O6. The van der Waals surface area contributed by atoms with E-state index in [1.807, 2.05) is 39.0 Å². The number of nitro benzene ring substituents is 2. The molecule has 3 rings (SSSR count). The number of ether oxygens (including phenoxy) is 1. The molecule has 0 bridgehead atoms. The molecule has 3 aromatic rings. The van der Waals surface area contributed by atoms with Crippen LogP contribution in [0.15, 0.2) is 40.9 Å². The number of hydrogen-bond donors (Lipinski definition) is 0. The van der Waals surface area contributed by atoms with Crippen molar-refractivity contribution in [3.8, 4) is 16.9 Å². The summed E-state index contributed by atoms with van der Waals surface area (Å²) in [6, 6.07) is 9.51. The van der Waals surface area contributed by atoms with Gasteiger partial charge in [0.1, 0.15) is 11.5 Å². The van der Waals surface area contributed by atoms with E-state index < -0.39 is 21.2 Å². The van der Waals surface area contributed by atoms with Crippen LogP contribution in [0, 0.1) is 41.0 Å². The summed E-state index contributed by atoms with van der Waals surface area (Å²) < 4.78 is 11.1. The average Bonchev–Trinajstić information content (AvgIpc) is 3.11. The van der Waals surface area contributed by atoms with Gasteiger partial charge in [-0.1, -0.05) is 5.16 Å². The number of nitrogens with zero attached hydrogens (tertiary/aromatic N) is 3. The third-order valence-corrected chi connectivity index (χ3v) is 4.65. The highest BCUT2D eigenvalue weighted by molar-refractivity contribution is 5.72. The van der Waals surface area contributed by atoms with Crippen LogP contribution in [-0.4, -0.2) is 21.6 Å². The first-order valence-electron chi connectivity index (χ1n) is 9.35. The Morgan fingerprint density at radius 1 is 0.933 bits per heavy atom. The van der Waals surface area contributed by atoms with Gasteiger partial charge in [-0.3, -0.25) is 20.2 Å². The first-order valence-corrected chi connectivity index (χ1v) is 9.35.